The molecule has 2 aliphatic rings. The Labute approximate surface area is 132 Å². The third-order valence-electron chi connectivity index (χ3n) is 5.33. The summed E-state index contributed by atoms with van der Waals surface area (Å²) in [6, 6.07) is 0.794. The lowest BCUT2D eigenvalue weighted by Gasteiger charge is -2.37. The molecular formula is C18H37N3. The average molecular weight is 296 g/mol. The first kappa shape index (κ1) is 17.2. The molecule has 1 aliphatic carbocycles. The van der Waals surface area contributed by atoms with Crippen LogP contribution in [0.2, 0.25) is 0 Å². The van der Waals surface area contributed by atoms with Gasteiger partial charge in [0, 0.05) is 25.7 Å². The average Bonchev–Trinajstić information content (AvgIpc) is 3.00. The van der Waals surface area contributed by atoms with E-state index in [4.69, 9.17) is 0 Å². The quantitative estimate of drug-likeness (QED) is 0.743. The van der Waals surface area contributed by atoms with Gasteiger partial charge in [0.05, 0.1) is 0 Å². The normalized spacial score (nSPS) is 26.3. The molecule has 0 aromatic heterocycles. The number of likely N-dealkylation sites (tertiary alicyclic amines) is 1. The Morgan fingerprint density at radius 1 is 1.19 bits per heavy atom. The molecule has 0 amide bonds. The van der Waals surface area contributed by atoms with Gasteiger partial charge < -0.3 is 10.2 Å². The zero-order valence-corrected chi connectivity index (χ0v) is 14.8. The Balaban J connectivity index is 1.89. The Kier molecular flexibility index (Phi) is 6.51. The van der Waals surface area contributed by atoms with Gasteiger partial charge in [0.2, 0.25) is 0 Å². The summed E-state index contributed by atoms with van der Waals surface area (Å²) in [7, 11) is 4.43. The van der Waals surface area contributed by atoms with Gasteiger partial charge in [-0.1, -0.05) is 26.7 Å². The summed E-state index contributed by atoms with van der Waals surface area (Å²) in [6.45, 7) is 10.9. The van der Waals surface area contributed by atoms with Gasteiger partial charge in [-0.15, -0.1) is 0 Å². The maximum atomic E-state index is 3.76. The van der Waals surface area contributed by atoms with E-state index in [9.17, 15) is 0 Å². The van der Waals surface area contributed by atoms with Crippen LogP contribution >= 0.6 is 0 Å². The van der Waals surface area contributed by atoms with E-state index < -0.39 is 0 Å². The lowest BCUT2D eigenvalue weighted by Crippen LogP contribution is -2.47. The Bertz CT molecular complexity index is 295. The minimum absolute atomic E-state index is 0.559. The van der Waals surface area contributed by atoms with E-state index in [1.165, 1.54) is 71.2 Å². The fourth-order valence-electron chi connectivity index (χ4n) is 4.30. The van der Waals surface area contributed by atoms with Crippen molar-refractivity contribution in [3.05, 3.63) is 0 Å². The number of hydrogen-bond acceptors (Lipinski definition) is 3. The molecule has 1 aliphatic heterocycles. The SMILES string of the molecule is CC(C)CNCC1(CN2CCCC2CN(C)C)CCCC1. The van der Waals surface area contributed by atoms with Crippen LogP contribution in [0.4, 0.5) is 0 Å². The second kappa shape index (κ2) is 7.94. The van der Waals surface area contributed by atoms with Crippen LogP contribution in [0.1, 0.15) is 52.4 Å². The molecule has 1 unspecified atom stereocenters. The minimum atomic E-state index is 0.559. The molecule has 0 aromatic rings. The Morgan fingerprint density at radius 3 is 2.52 bits per heavy atom. The van der Waals surface area contributed by atoms with E-state index in [1.807, 2.05) is 0 Å². The molecular weight excluding hydrogens is 258 g/mol. The fourth-order valence-corrected chi connectivity index (χ4v) is 4.30. The first-order chi connectivity index (χ1) is 10.0. The Morgan fingerprint density at radius 2 is 1.90 bits per heavy atom. The van der Waals surface area contributed by atoms with Crippen LogP contribution in [0.15, 0.2) is 0 Å². The van der Waals surface area contributed by atoms with Gasteiger partial charge >= 0.3 is 0 Å². The first-order valence-electron chi connectivity index (χ1n) is 9.10. The molecule has 21 heavy (non-hydrogen) atoms. The van der Waals surface area contributed by atoms with Gasteiger partial charge in [-0.2, -0.15) is 0 Å². The molecule has 1 saturated heterocycles. The number of nitrogens with one attached hydrogen (secondary N) is 1. The highest BCUT2D eigenvalue weighted by Gasteiger charge is 2.38. The smallest absolute Gasteiger partial charge is 0.0223 e. The lowest BCUT2D eigenvalue weighted by molar-refractivity contribution is 0.123. The van der Waals surface area contributed by atoms with Crippen molar-refractivity contribution in [3.63, 3.8) is 0 Å². The molecule has 1 heterocycles. The summed E-state index contributed by atoms with van der Waals surface area (Å²) >= 11 is 0. The van der Waals surface area contributed by atoms with Gasteiger partial charge in [-0.3, -0.25) is 4.90 Å². The van der Waals surface area contributed by atoms with E-state index >= 15 is 0 Å². The van der Waals surface area contributed by atoms with Crippen LogP contribution in [0.5, 0.6) is 0 Å². The number of nitrogens with zero attached hydrogens (tertiary/aromatic N) is 2. The minimum Gasteiger partial charge on any atom is -0.316 e. The molecule has 1 saturated carbocycles. The van der Waals surface area contributed by atoms with Gasteiger partial charge in [-0.05, 0) is 64.2 Å². The van der Waals surface area contributed by atoms with Crippen LogP contribution in [0, 0.1) is 11.3 Å². The molecule has 0 spiro atoms. The first-order valence-corrected chi connectivity index (χ1v) is 9.10. The predicted octanol–water partition coefficient (Wildman–Crippen LogP) is 2.82. The molecule has 3 nitrogen and oxygen atoms in total. The fraction of sp³-hybridized carbons (Fsp3) is 1.00. The standard InChI is InChI=1S/C18H37N3/c1-16(2)12-19-14-18(9-5-6-10-18)15-21-11-7-8-17(21)13-20(3)4/h16-17,19H,5-15H2,1-4H3. The molecule has 1 N–H and O–H groups in total. The Hall–Kier alpha value is -0.120. The molecule has 1 atom stereocenters. The zero-order chi connectivity index (χ0) is 15.3. The topological polar surface area (TPSA) is 18.5 Å². The highest BCUT2D eigenvalue weighted by atomic mass is 15.2. The van der Waals surface area contributed by atoms with E-state index in [-0.39, 0.29) is 0 Å². The largest absolute Gasteiger partial charge is 0.316 e. The zero-order valence-electron chi connectivity index (χ0n) is 14.8. The predicted molar refractivity (Wildman–Crippen MR) is 91.8 cm³/mol. The summed E-state index contributed by atoms with van der Waals surface area (Å²) in [5.74, 6) is 0.761. The maximum Gasteiger partial charge on any atom is 0.0223 e. The third-order valence-corrected chi connectivity index (χ3v) is 5.33. The van der Waals surface area contributed by atoms with Gasteiger partial charge in [0.1, 0.15) is 0 Å². The molecule has 0 aromatic carbocycles. The summed E-state index contributed by atoms with van der Waals surface area (Å²) in [5, 5.41) is 3.76. The number of likely N-dealkylation sites (N-methyl/N-ethyl adjacent to an activating group) is 1. The molecule has 3 heteroatoms. The van der Waals surface area contributed by atoms with Crippen molar-refractivity contribution in [2.75, 3.05) is 46.8 Å². The summed E-state index contributed by atoms with van der Waals surface area (Å²) in [5.41, 5.74) is 0.559. The van der Waals surface area contributed by atoms with Crippen LogP contribution in [0.3, 0.4) is 0 Å². The van der Waals surface area contributed by atoms with Gasteiger partial charge in [0.25, 0.3) is 0 Å². The second-order valence-electron chi connectivity index (χ2n) is 8.26. The molecule has 2 fully saturated rings. The van der Waals surface area contributed by atoms with Crippen molar-refractivity contribution in [3.8, 4) is 0 Å². The van der Waals surface area contributed by atoms with Crippen molar-refractivity contribution in [2.45, 2.75) is 58.4 Å². The van der Waals surface area contributed by atoms with Crippen molar-refractivity contribution in [1.29, 1.82) is 0 Å². The second-order valence-corrected chi connectivity index (χ2v) is 8.26. The van der Waals surface area contributed by atoms with E-state index in [1.54, 1.807) is 0 Å². The van der Waals surface area contributed by atoms with Crippen molar-refractivity contribution >= 4 is 0 Å². The van der Waals surface area contributed by atoms with E-state index in [0.29, 0.717) is 5.41 Å². The van der Waals surface area contributed by atoms with Gasteiger partial charge in [0.15, 0.2) is 0 Å². The summed E-state index contributed by atoms with van der Waals surface area (Å²) in [6.07, 6.45) is 8.54. The van der Waals surface area contributed by atoms with Gasteiger partial charge in [-0.25, -0.2) is 0 Å². The monoisotopic (exact) mass is 295 g/mol. The van der Waals surface area contributed by atoms with Crippen LogP contribution in [0.25, 0.3) is 0 Å². The summed E-state index contributed by atoms with van der Waals surface area (Å²) < 4.78 is 0. The molecule has 124 valence electrons. The molecule has 0 bridgehead atoms. The van der Waals surface area contributed by atoms with E-state index in [0.717, 1.165) is 12.0 Å². The van der Waals surface area contributed by atoms with Crippen molar-refractivity contribution < 1.29 is 0 Å². The molecule has 0 radical (unpaired) electrons. The number of hydrogen-bond donors (Lipinski definition) is 1. The van der Waals surface area contributed by atoms with Crippen molar-refractivity contribution in [1.82, 2.24) is 15.1 Å². The summed E-state index contributed by atoms with van der Waals surface area (Å²) in [4.78, 5) is 5.17. The third kappa shape index (κ3) is 5.22. The van der Waals surface area contributed by atoms with Crippen LogP contribution in [-0.2, 0) is 0 Å². The van der Waals surface area contributed by atoms with Crippen LogP contribution < -0.4 is 5.32 Å². The highest BCUT2D eigenvalue weighted by molar-refractivity contribution is 4.93. The van der Waals surface area contributed by atoms with Crippen molar-refractivity contribution in [2.24, 2.45) is 11.3 Å². The maximum absolute atomic E-state index is 3.76. The van der Waals surface area contributed by atoms with E-state index in [2.05, 4.69) is 43.1 Å². The molecule has 2 rings (SSSR count). The number of rotatable bonds is 8. The lowest BCUT2D eigenvalue weighted by atomic mass is 9.85. The highest BCUT2D eigenvalue weighted by Crippen LogP contribution is 2.39. The van der Waals surface area contributed by atoms with Crippen LogP contribution in [-0.4, -0.2) is 62.7 Å².